The van der Waals surface area contributed by atoms with Crippen molar-refractivity contribution in [3.63, 3.8) is 0 Å². The maximum absolute atomic E-state index is 5.74. The van der Waals surface area contributed by atoms with Crippen LogP contribution >= 0.6 is 0 Å². The molecule has 1 fully saturated rings. The number of nitrogens with zero attached hydrogens (tertiary/aromatic N) is 1. The van der Waals surface area contributed by atoms with Gasteiger partial charge in [0.2, 0.25) is 0 Å². The van der Waals surface area contributed by atoms with E-state index in [2.05, 4.69) is 23.2 Å². The monoisotopic (exact) mass is 276 g/mol. The second kappa shape index (κ2) is 6.46. The van der Waals surface area contributed by atoms with Crippen LogP contribution in [0.15, 0.2) is 18.2 Å². The zero-order valence-electron chi connectivity index (χ0n) is 12.2. The van der Waals surface area contributed by atoms with Gasteiger partial charge in [-0.2, -0.15) is 0 Å². The van der Waals surface area contributed by atoms with E-state index in [-0.39, 0.29) is 0 Å². The Balaban J connectivity index is 1.52. The number of hydrogen-bond acceptors (Lipinski definition) is 4. The zero-order chi connectivity index (χ0) is 13.8. The smallest absolute Gasteiger partial charge is 0.165 e. The van der Waals surface area contributed by atoms with Crippen LogP contribution in [-0.2, 0) is 6.54 Å². The first-order chi connectivity index (χ1) is 9.86. The van der Waals surface area contributed by atoms with Gasteiger partial charge in [-0.1, -0.05) is 19.1 Å². The van der Waals surface area contributed by atoms with Gasteiger partial charge in [0.25, 0.3) is 0 Å². The summed E-state index contributed by atoms with van der Waals surface area (Å²) in [5.41, 5.74) is 1.20. The van der Waals surface area contributed by atoms with Crippen LogP contribution in [0.5, 0.6) is 11.5 Å². The Bertz CT molecular complexity index is 450. The van der Waals surface area contributed by atoms with Crippen molar-refractivity contribution in [2.24, 2.45) is 5.92 Å². The first-order valence-electron chi connectivity index (χ1n) is 7.67. The van der Waals surface area contributed by atoms with Gasteiger partial charge in [0.05, 0.1) is 0 Å². The molecule has 1 aromatic rings. The largest absolute Gasteiger partial charge is 0.486 e. The molecule has 20 heavy (non-hydrogen) atoms. The molecule has 1 saturated heterocycles. The lowest BCUT2D eigenvalue weighted by atomic mass is 10.1. The highest BCUT2D eigenvalue weighted by Gasteiger charge is 2.21. The molecule has 0 radical (unpaired) electrons. The minimum absolute atomic E-state index is 0.651. The molecule has 1 atom stereocenters. The maximum Gasteiger partial charge on any atom is 0.165 e. The Morgan fingerprint density at radius 3 is 3.05 bits per heavy atom. The predicted octanol–water partition coefficient (Wildman–Crippen LogP) is 1.89. The van der Waals surface area contributed by atoms with Gasteiger partial charge in [-0.25, -0.2) is 0 Å². The van der Waals surface area contributed by atoms with Gasteiger partial charge >= 0.3 is 0 Å². The minimum atomic E-state index is 0.651. The third kappa shape index (κ3) is 3.07. The van der Waals surface area contributed by atoms with E-state index in [1.165, 1.54) is 31.6 Å². The number of rotatable bonds is 5. The number of para-hydroxylation sites is 1. The molecule has 0 bridgehead atoms. The fraction of sp³-hybridized carbons (Fsp3) is 0.625. The van der Waals surface area contributed by atoms with E-state index in [9.17, 15) is 0 Å². The molecule has 110 valence electrons. The van der Waals surface area contributed by atoms with Crippen LogP contribution < -0.4 is 14.8 Å². The molecule has 2 heterocycles. The summed E-state index contributed by atoms with van der Waals surface area (Å²) in [6, 6.07) is 6.14. The molecular weight excluding hydrogens is 252 g/mol. The third-order valence-electron chi connectivity index (χ3n) is 4.21. The van der Waals surface area contributed by atoms with Gasteiger partial charge in [0, 0.05) is 18.7 Å². The van der Waals surface area contributed by atoms with Gasteiger partial charge in [0.1, 0.15) is 13.2 Å². The SMILES string of the molecule is CCN1CCC(CNCc2cccc3c2OCCO3)C1. The second-order valence-electron chi connectivity index (χ2n) is 5.62. The number of ether oxygens (including phenoxy) is 2. The number of fused-ring (bicyclic) bond motifs is 1. The molecule has 3 rings (SSSR count). The van der Waals surface area contributed by atoms with Gasteiger partial charge < -0.3 is 19.7 Å². The van der Waals surface area contributed by atoms with Crippen molar-refractivity contribution in [1.82, 2.24) is 10.2 Å². The lowest BCUT2D eigenvalue weighted by Crippen LogP contribution is -2.26. The number of nitrogens with one attached hydrogen (secondary N) is 1. The van der Waals surface area contributed by atoms with E-state index in [1.807, 2.05) is 12.1 Å². The number of likely N-dealkylation sites (tertiary alicyclic amines) is 1. The Morgan fingerprint density at radius 2 is 2.20 bits per heavy atom. The summed E-state index contributed by atoms with van der Waals surface area (Å²) < 4.78 is 11.4. The van der Waals surface area contributed by atoms with Crippen molar-refractivity contribution >= 4 is 0 Å². The average Bonchev–Trinajstić information content (AvgIpc) is 2.95. The van der Waals surface area contributed by atoms with Crippen LogP contribution in [0.25, 0.3) is 0 Å². The summed E-state index contributed by atoms with van der Waals surface area (Å²) in [4.78, 5) is 2.52. The highest BCUT2D eigenvalue weighted by Crippen LogP contribution is 2.33. The van der Waals surface area contributed by atoms with E-state index in [0.29, 0.717) is 13.2 Å². The summed E-state index contributed by atoms with van der Waals surface area (Å²) in [5.74, 6) is 2.59. The minimum Gasteiger partial charge on any atom is -0.486 e. The molecule has 0 aliphatic carbocycles. The fourth-order valence-corrected chi connectivity index (χ4v) is 3.05. The molecule has 0 spiro atoms. The van der Waals surface area contributed by atoms with Gasteiger partial charge in [-0.3, -0.25) is 0 Å². The lowest BCUT2D eigenvalue weighted by Gasteiger charge is -2.21. The molecule has 0 saturated carbocycles. The fourth-order valence-electron chi connectivity index (χ4n) is 3.05. The highest BCUT2D eigenvalue weighted by molar-refractivity contribution is 5.47. The zero-order valence-corrected chi connectivity index (χ0v) is 12.2. The molecule has 4 heteroatoms. The van der Waals surface area contributed by atoms with Crippen LogP contribution in [0.2, 0.25) is 0 Å². The summed E-state index contributed by atoms with van der Waals surface area (Å²) in [5, 5.41) is 3.58. The van der Waals surface area contributed by atoms with Crippen molar-refractivity contribution in [3.05, 3.63) is 23.8 Å². The topological polar surface area (TPSA) is 33.7 Å². The van der Waals surface area contributed by atoms with E-state index in [4.69, 9.17) is 9.47 Å². The summed E-state index contributed by atoms with van der Waals surface area (Å²) in [6.07, 6.45) is 1.31. The maximum atomic E-state index is 5.74. The summed E-state index contributed by atoms with van der Waals surface area (Å²) in [6.45, 7) is 9.14. The molecule has 1 N–H and O–H groups in total. The molecule has 2 aliphatic heterocycles. The van der Waals surface area contributed by atoms with Crippen molar-refractivity contribution in [2.75, 3.05) is 39.4 Å². The van der Waals surface area contributed by atoms with Gasteiger partial charge in [-0.05, 0) is 38.0 Å². The van der Waals surface area contributed by atoms with Crippen molar-refractivity contribution < 1.29 is 9.47 Å². The van der Waals surface area contributed by atoms with E-state index >= 15 is 0 Å². The number of hydrogen-bond donors (Lipinski definition) is 1. The van der Waals surface area contributed by atoms with Crippen molar-refractivity contribution in [3.8, 4) is 11.5 Å². The molecule has 4 nitrogen and oxygen atoms in total. The van der Waals surface area contributed by atoms with Crippen molar-refractivity contribution in [1.29, 1.82) is 0 Å². The molecule has 0 amide bonds. The van der Waals surface area contributed by atoms with Crippen LogP contribution in [0.3, 0.4) is 0 Å². The van der Waals surface area contributed by atoms with Gasteiger partial charge in [0.15, 0.2) is 11.5 Å². The van der Waals surface area contributed by atoms with Gasteiger partial charge in [-0.15, -0.1) is 0 Å². The second-order valence-corrected chi connectivity index (χ2v) is 5.62. The molecule has 0 aromatic heterocycles. The Labute approximate surface area is 121 Å². The first kappa shape index (κ1) is 13.7. The molecule has 1 unspecified atom stereocenters. The third-order valence-corrected chi connectivity index (χ3v) is 4.21. The van der Waals surface area contributed by atoms with E-state index in [1.54, 1.807) is 0 Å². The van der Waals surface area contributed by atoms with Crippen LogP contribution in [0, 0.1) is 5.92 Å². The van der Waals surface area contributed by atoms with Crippen LogP contribution in [0.4, 0.5) is 0 Å². The van der Waals surface area contributed by atoms with Crippen molar-refractivity contribution in [2.45, 2.75) is 19.9 Å². The first-order valence-corrected chi connectivity index (χ1v) is 7.67. The predicted molar refractivity (Wildman–Crippen MR) is 79.4 cm³/mol. The standard InChI is InChI=1S/C16H24N2O2/c1-2-18-7-6-13(12-18)10-17-11-14-4-3-5-15-16(14)20-9-8-19-15/h3-5,13,17H,2,6-12H2,1H3. The number of benzene rings is 1. The molecular formula is C16H24N2O2. The summed E-state index contributed by atoms with van der Waals surface area (Å²) >= 11 is 0. The molecule has 1 aromatic carbocycles. The molecule has 2 aliphatic rings. The van der Waals surface area contributed by atoms with Crippen LogP contribution in [-0.4, -0.2) is 44.3 Å². The summed E-state index contributed by atoms with van der Waals surface area (Å²) in [7, 11) is 0. The Kier molecular flexibility index (Phi) is 4.43. The normalized spacial score (nSPS) is 22.1. The van der Waals surface area contributed by atoms with Crippen LogP contribution in [0.1, 0.15) is 18.9 Å². The average molecular weight is 276 g/mol. The van der Waals surface area contributed by atoms with E-state index < -0.39 is 0 Å². The Morgan fingerprint density at radius 1 is 1.30 bits per heavy atom. The van der Waals surface area contributed by atoms with E-state index in [0.717, 1.165) is 30.5 Å². The Hall–Kier alpha value is -1.26. The quantitative estimate of drug-likeness (QED) is 0.890. The highest BCUT2D eigenvalue weighted by atomic mass is 16.6. The lowest BCUT2D eigenvalue weighted by molar-refractivity contribution is 0.169.